The molecule has 0 saturated carbocycles. The maximum atomic E-state index is 12.9. The van der Waals surface area contributed by atoms with Gasteiger partial charge in [0, 0.05) is 0 Å². The Morgan fingerprint density at radius 2 is 0.889 bits per heavy atom. The quantitative estimate of drug-likeness (QED) is 0.654. The van der Waals surface area contributed by atoms with E-state index in [9.17, 15) is 22.0 Å². The van der Waals surface area contributed by atoms with Crippen LogP contribution in [0, 0.1) is 0 Å². The minimum Gasteiger partial charge on any atom is -0.246 e. The van der Waals surface area contributed by atoms with Crippen LogP contribution >= 0.6 is 0 Å². The van der Waals surface area contributed by atoms with Crippen LogP contribution in [0.5, 0.6) is 0 Å². The second-order valence-electron chi connectivity index (χ2n) is 3.68. The normalized spacial score (nSPS) is 10.7. The lowest BCUT2D eigenvalue weighted by molar-refractivity contribution is 0.414. The van der Waals surface area contributed by atoms with Gasteiger partial charge in [-0.05, 0) is 33.4 Å². The molecule has 5 heteroatoms. The molecular formula is C13H13F5. The van der Waals surface area contributed by atoms with Gasteiger partial charge in [0.1, 0.15) is 33.4 Å². The predicted molar refractivity (Wildman–Crippen MR) is 60.6 cm³/mol. The summed E-state index contributed by atoms with van der Waals surface area (Å²) in [5.74, 6) is 0. The third kappa shape index (κ3) is 2.26. The lowest BCUT2D eigenvalue weighted by atomic mass is 9.88. The van der Waals surface area contributed by atoms with Gasteiger partial charge in [0.15, 0.2) is 0 Å². The van der Waals surface area contributed by atoms with Crippen molar-refractivity contribution in [3.05, 3.63) is 40.0 Å². The summed E-state index contributed by atoms with van der Waals surface area (Å²) in [5, 5.41) is 0. The zero-order valence-electron chi connectivity index (χ0n) is 9.71. The minimum atomic E-state index is -1.16. The summed E-state index contributed by atoms with van der Waals surface area (Å²) >= 11 is 0. The topological polar surface area (TPSA) is 0 Å². The fourth-order valence-electron chi connectivity index (χ4n) is 2.09. The molecule has 1 aromatic carbocycles. The Morgan fingerprint density at radius 1 is 0.611 bits per heavy atom. The molecule has 0 bridgehead atoms. The van der Waals surface area contributed by atoms with Gasteiger partial charge >= 0.3 is 0 Å². The van der Waals surface area contributed by atoms with E-state index in [1.165, 1.54) is 0 Å². The molecule has 18 heavy (non-hydrogen) atoms. The average molecular weight is 264 g/mol. The molecule has 0 fully saturated rings. The van der Waals surface area contributed by atoms with E-state index >= 15 is 0 Å². The zero-order valence-corrected chi connectivity index (χ0v) is 9.71. The van der Waals surface area contributed by atoms with Crippen molar-refractivity contribution in [3.63, 3.8) is 0 Å². The summed E-state index contributed by atoms with van der Waals surface area (Å²) in [4.78, 5) is 0. The first-order valence-corrected chi connectivity index (χ1v) is 5.30. The van der Waals surface area contributed by atoms with Crippen LogP contribution in [-0.4, -0.2) is 0 Å². The summed E-state index contributed by atoms with van der Waals surface area (Å²) < 4.78 is 64.6. The van der Waals surface area contributed by atoms with E-state index in [1.54, 1.807) is 0 Å². The molecule has 0 spiro atoms. The molecule has 1 aromatic rings. The van der Waals surface area contributed by atoms with Gasteiger partial charge in [-0.1, -0.05) is 12.7 Å². The highest BCUT2D eigenvalue weighted by atomic mass is 19.1. The number of alkyl halides is 5. The van der Waals surface area contributed by atoms with Gasteiger partial charge in [-0.15, -0.1) is 0 Å². The van der Waals surface area contributed by atoms with Crippen LogP contribution in [0.25, 0.3) is 6.08 Å². The van der Waals surface area contributed by atoms with E-state index in [-0.39, 0.29) is 33.4 Å². The first kappa shape index (κ1) is 14.7. The summed E-state index contributed by atoms with van der Waals surface area (Å²) in [7, 11) is 0. The van der Waals surface area contributed by atoms with Crippen LogP contribution < -0.4 is 0 Å². The van der Waals surface area contributed by atoms with Crippen molar-refractivity contribution in [1.82, 2.24) is 0 Å². The number of rotatable bonds is 6. The van der Waals surface area contributed by atoms with E-state index in [0.29, 0.717) is 0 Å². The molecule has 0 aliphatic carbocycles. The van der Waals surface area contributed by atoms with E-state index in [4.69, 9.17) is 0 Å². The minimum absolute atomic E-state index is 0.0255. The van der Waals surface area contributed by atoms with Crippen LogP contribution in [0.2, 0.25) is 0 Å². The molecule has 0 amide bonds. The SMILES string of the molecule is C=Cc1c(CF)c(CF)c(CF)c(CF)c1CF. The summed E-state index contributed by atoms with van der Waals surface area (Å²) in [6, 6.07) is 0. The highest BCUT2D eigenvalue weighted by Crippen LogP contribution is 2.33. The average Bonchev–Trinajstić information content (AvgIpc) is 2.43. The molecular weight excluding hydrogens is 251 g/mol. The van der Waals surface area contributed by atoms with Crippen LogP contribution in [0.4, 0.5) is 22.0 Å². The third-order valence-electron chi connectivity index (χ3n) is 2.98. The smallest absolute Gasteiger partial charge is 0.115 e. The van der Waals surface area contributed by atoms with Crippen molar-refractivity contribution < 1.29 is 22.0 Å². The first-order chi connectivity index (χ1) is 8.69. The molecule has 0 saturated heterocycles. The van der Waals surface area contributed by atoms with E-state index in [1.807, 2.05) is 0 Å². The van der Waals surface area contributed by atoms with Crippen molar-refractivity contribution >= 4 is 6.08 Å². The molecule has 0 unspecified atom stereocenters. The van der Waals surface area contributed by atoms with Crippen LogP contribution in [0.15, 0.2) is 6.58 Å². The molecule has 0 N–H and O–H groups in total. The van der Waals surface area contributed by atoms with Crippen molar-refractivity contribution in [3.8, 4) is 0 Å². The molecule has 0 radical (unpaired) electrons. The fraction of sp³-hybridized carbons (Fsp3) is 0.385. The van der Waals surface area contributed by atoms with Crippen LogP contribution in [-0.2, 0) is 33.4 Å². The van der Waals surface area contributed by atoms with Crippen molar-refractivity contribution in [2.45, 2.75) is 33.4 Å². The van der Waals surface area contributed by atoms with E-state index in [0.717, 1.165) is 6.08 Å². The Labute approximate surface area is 102 Å². The van der Waals surface area contributed by atoms with Crippen molar-refractivity contribution in [1.29, 1.82) is 0 Å². The second kappa shape index (κ2) is 6.52. The zero-order chi connectivity index (χ0) is 13.7. The Morgan fingerprint density at radius 3 is 1.11 bits per heavy atom. The Bertz CT molecular complexity index is 406. The summed E-state index contributed by atoms with van der Waals surface area (Å²) in [6.07, 6.45) is 1.14. The van der Waals surface area contributed by atoms with Crippen LogP contribution in [0.1, 0.15) is 33.4 Å². The van der Waals surface area contributed by atoms with Gasteiger partial charge < -0.3 is 0 Å². The number of benzene rings is 1. The monoisotopic (exact) mass is 264 g/mol. The Balaban J connectivity index is 3.77. The number of halogens is 5. The molecule has 1 rings (SSSR count). The van der Waals surface area contributed by atoms with Crippen molar-refractivity contribution in [2.24, 2.45) is 0 Å². The molecule has 0 aromatic heterocycles. The number of hydrogen-bond donors (Lipinski definition) is 0. The van der Waals surface area contributed by atoms with Crippen molar-refractivity contribution in [2.75, 3.05) is 0 Å². The molecule has 0 heterocycles. The Kier molecular flexibility index (Phi) is 5.31. The molecule has 100 valence electrons. The molecule has 0 aliphatic rings. The van der Waals surface area contributed by atoms with Gasteiger partial charge in [-0.3, -0.25) is 0 Å². The molecule has 0 nitrogen and oxygen atoms in total. The first-order valence-electron chi connectivity index (χ1n) is 5.30. The lowest BCUT2D eigenvalue weighted by Gasteiger charge is -2.19. The molecule has 0 aliphatic heterocycles. The van der Waals surface area contributed by atoms with Gasteiger partial charge in [-0.2, -0.15) is 0 Å². The van der Waals surface area contributed by atoms with Gasteiger partial charge in [0.2, 0.25) is 0 Å². The third-order valence-corrected chi connectivity index (χ3v) is 2.98. The summed E-state index contributed by atoms with van der Waals surface area (Å²) in [6.45, 7) is -2.18. The number of hydrogen-bond acceptors (Lipinski definition) is 0. The standard InChI is InChI=1S/C13H13F5/c1-2-8-9(3-14)11(5-16)13(7-18)12(6-17)10(8)4-15/h2H,1,3-7H2. The van der Waals surface area contributed by atoms with Gasteiger partial charge in [0.05, 0.1) is 0 Å². The molecule has 0 atom stereocenters. The van der Waals surface area contributed by atoms with Gasteiger partial charge in [0.25, 0.3) is 0 Å². The Hall–Kier alpha value is -1.39. The maximum absolute atomic E-state index is 12.9. The fourth-order valence-corrected chi connectivity index (χ4v) is 2.09. The summed E-state index contributed by atoms with van der Waals surface area (Å²) in [5.41, 5.74) is -1.03. The second-order valence-corrected chi connectivity index (χ2v) is 3.68. The lowest BCUT2D eigenvalue weighted by Crippen LogP contribution is -2.09. The van der Waals surface area contributed by atoms with E-state index < -0.39 is 33.4 Å². The highest BCUT2D eigenvalue weighted by Gasteiger charge is 2.22. The predicted octanol–water partition coefficient (Wildman–Crippen LogP) is 4.68. The maximum Gasteiger partial charge on any atom is 0.115 e. The van der Waals surface area contributed by atoms with Crippen LogP contribution in [0.3, 0.4) is 0 Å². The van der Waals surface area contributed by atoms with Gasteiger partial charge in [-0.25, -0.2) is 22.0 Å². The highest BCUT2D eigenvalue weighted by molar-refractivity contribution is 5.63. The largest absolute Gasteiger partial charge is 0.246 e. The van der Waals surface area contributed by atoms with E-state index in [2.05, 4.69) is 6.58 Å².